The van der Waals surface area contributed by atoms with Crippen molar-refractivity contribution in [1.82, 2.24) is 14.5 Å². The molecule has 4 rings (SSSR count). The van der Waals surface area contributed by atoms with Gasteiger partial charge < -0.3 is 0 Å². The lowest BCUT2D eigenvalue weighted by molar-refractivity contribution is 0.363. The number of fused-ring (bicyclic) bond motifs is 1. The summed E-state index contributed by atoms with van der Waals surface area (Å²) in [4.78, 5) is 22.5. The van der Waals surface area contributed by atoms with Crippen LogP contribution in [0.15, 0.2) is 23.3 Å². The summed E-state index contributed by atoms with van der Waals surface area (Å²) < 4.78 is 1.89. The van der Waals surface area contributed by atoms with Crippen LogP contribution in [0.1, 0.15) is 101 Å². The average Bonchev–Trinajstić information content (AvgIpc) is 2.92. The van der Waals surface area contributed by atoms with Gasteiger partial charge in [-0.05, 0) is 37.8 Å². The molecule has 2 aromatic heterocycles. The minimum atomic E-state index is 0.0977. The molecule has 0 saturated heterocycles. The second-order valence-corrected chi connectivity index (χ2v) is 8.25. The maximum Gasteiger partial charge on any atom is 0.263 e. The van der Waals surface area contributed by atoms with Crippen LogP contribution in [-0.2, 0) is 0 Å². The van der Waals surface area contributed by atoms with E-state index in [1.165, 1.54) is 70.6 Å². The van der Waals surface area contributed by atoms with Crippen LogP contribution in [0.3, 0.4) is 0 Å². The van der Waals surface area contributed by atoms with Gasteiger partial charge in [-0.2, -0.15) is 0 Å². The Morgan fingerprint density at radius 3 is 2.12 bits per heavy atom. The number of pyridine rings is 1. The molecular weight excluding hydrogens is 322 g/mol. The summed E-state index contributed by atoms with van der Waals surface area (Å²) in [5.74, 6) is 0.539. The first-order valence-electron chi connectivity index (χ1n) is 10.7. The molecule has 0 bridgehead atoms. The summed E-state index contributed by atoms with van der Waals surface area (Å²) in [6.45, 7) is 0. The van der Waals surface area contributed by atoms with Crippen molar-refractivity contribution < 1.29 is 0 Å². The van der Waals surface area contributed by atoms with Crippen LogP contribution in [-0.4, -0.2) is 14.5 Å². The highest BCUT2D eigenvalue weighted by Crippen LogP contribution is 2.31. The number of hydrogen-bond donors (Lipinski definition) is 0. The van der Waals surface area contributed by atoms with E-state index in [1.54, 1.807) is 6.33 Å². The summed E-state index contributed by atoms with van der Waals surface area (Å²) in [7, 11) is 0. The normalized spacial score (nSPS) is 21.2. The highest BCUT2D eigenvalue weighted by atomic mass is 16.1. The average molecular weight is 354 g/mol. The number of nitrogens with zero attached hydrogens (tertiary/aromatic N) is 3. The number of rotatable bonds is 2. The van der Waals surface area contributed by atoms with Crippen LogP contribution >= 0.6 is 0 Å². The first-order chi connectivity index (χ1) is 12.8. The zero-order chi connectivity index (χ0) is 17.8. The maximum absolute atomic E-state index is 13.1. The van der Waals surface area contributed by atoms with Gasteiger partial charge in [-0.25, -0.2) is 9.97 Å². The highest BCUT2D eigenvalue weighted by molar-refractivity contribution is 5.73. The Hall–Kier alpha value is -1.71. The quantitative estimate of drug-likeness (QED) is 0.668. The topological polar surface area (TPSA) is 47.8 Å². The SMILES string of the molecule is O=c1c2ccc(C3CCCCCC3)nc2ncn1C1CCCCCCC1. The Kier molecular flexibility index (Phi) is 5.66. The van der Waals surface area contributed by atoms with Crippen LogP contribution in [0, 0.1) is 0 Å². The Balaban J connectivity index is 1.63. The molecule has 2 heterocycles. The molecule has 26 heavy (non-hydrogen) atoms. The van der Waals surface area contributed by atoms with Crippen molar-refractivity contribution in [2.45, 2.75) is 95.4 Å². The van der Waals surface area contributed by atoms with Crippen molar-refractivity contribution in [3.63, 3.8) is 0 Å². The lowest BCUT2D eigenvalue weighted by Crippen LogP contribution is -2.26. The molecule has 2 fully saturated rings. The van der Waals surface area contributed by atoms with Gasteiger partial charge in [-0.15, -0.1) is 0 Å². The van der Waals surface area contributed by atoms with Gasteiger partial charge in [0.2, 0.25) is 0 Å². The third-order valence-electron chi connectivity index (χ3n) is 6.41. The monoisotopic (exact) mass is 353 g/mol. The summed E-state index contributed by atoms with van der Waals surface area (Å²) in [5, 5.41) is 0.687. The fourth-order valence-corrected chi connectivity index (χ4v) is 4.81. The van der Waals surface area contributed by atoms with Crippen LogP contribution in [0.2, 0.25) is 0 Å². The van der Waals surface area contributed by atoms with Crippen LogP contribution in [0.5, 0.6) is 0 Å². The standard InChI is InChI=1S/C22H31N3O/c26-22-19-14-15-20(17-10-6-4-5-7-11-17)24-21(19)23-16-25(22)18-12-8-2-1-3-9-13-18/h14-18H,1-13H2. The van der Waals surface area contributed by atoms with Gasteiger partial charge in [0, 0.05) is 17.7 Å². The molecule has 2 aromatic rings. The predicted molar refractivity (Wildman–Crippen MR) is 106 cm³/mol. The number of hydrogen-bond acceptors (Lipinski definition) is 3. The molecule has 0 aliphatic heterocycles. The molecule has 0 N–H and O–H groups in total. The van der Waals surface area contributed by atoms with E-state index in [4.69, 9.17) is 4.98 Å². The second-order valence-electron chi connectivity index (χ2n) is 8.25. The minimum absolute atomic E-state index is 0.0977. The summed E-state index contributed by atoms with van der Waals surface area (Å²) in [6.07, 6.45) is 18.0. The van der Waals surface area contributed by atoms with E-state index in [9.17, 15) is 4.79 Å². The predicted octanol–water partition coefficient (Wildman–Crippen LogP) is 5.51. The summed E-state index contributed by atoms with van der Waals surface area (Å²) in [5.41, 5.74) is 1.87. The van der Waals surface area contributed by atoms with E-state index in [1.807, 2.05) is 10.6 Å². The molecule has 2 aliphatic rings. The highest BCUT2D eigenvalue weighted by Gasteiger charge is 2.19. The van der Waals surface area contributed by atoms with Gasteiger partial charge in [-0.3, -0.25) is 9.36 Å². The minimum Gasteiger partial charge on any atom is -0.296 e. The molecule has 140 valence electrons. The molecule has 0 unspecified atom stereocenters. The van der Waals surface area contributed by atoms with Crippen LogP contribution in [0.25, 0.3) is 11.0 Å². The molecule has 0 spiro atoms. The molecule has 2 aliphatic carbocycles. The molecular formula is C22H31N3O. The smallest absolute Gasteiger partial charge is 0.263 e. The Labute approximate surface area is 156 Å². The van der Waals surface area contributed by atoms with Crippen molar-refractivity contribution >= 4 is 11.0 Å². The van der Waals surface area contributed by atoms with Gasteiger partial charge in [0.05, 0.1) is 5.39 Å². The van der Waals surface area contributed by atoms with Crippen molar-refractivity contribution in [2.75, 3.05) is 0 Å². The third-order valence-corrected chi connectivity index (χ3v) is 6.41. The summed E-state index contributed by atoms with van der Waals surface area (Å²) in [6, 6.07) is 4.38. The van der Waals surface area contributed by atoms with Gasteiger partial charge >= 0.3 is 0 Å². The fourth-order valence-electron chi connectivity index (χ4n) is 4.81. The largest absolute Gasteiger partial charge is 0.296 e. The number of aromatic nitrogens is 3. The van der Waals surface area contributed by atoms with Gasteiger partial charge in [-0.1, -0.05) is 57.8 Å². The maximum atomic E-state index is 13.1. The van der Waals surface area contributed by atoms with E-state index in [2.05, 4.69) is 11.1 Å². The first kappa shape index (κ1) is 17.7. The summed E-state index contributed by atoms with van der Waals surface area (Å²) >= 11 is 0. The van der Waals surface area contributed by atoms with E-state index in [0.29, 0.717) is 23.0 Å². The van der Waals surface area contributed by atoms with E-state index < -0.39 is 0 Å². The van der Waals surface area contributed by atoms with Crippen LogP contribution in [0.4, 0.5) is 0 Å². The van der Waals surface area contributed by atoms with Gasteiger partial charge in [0.25, 0.3) is 5.56 Å². The van der Waals surface area contributed by atoms with Gasteiger partial charge in [0.1, 0.15) is 6.33 Å². The molecule has 0 amide bonds. The lowest BCUT2D eigenvalue weighted by Gasteiger charge is -2.22. The zero-order valence-corrected chi connectivity index (χ0v) is 15.8. The zero-order valence-electron chi connectivity index (χ0n) is 15.8. The molecule has 0 atom stereocenters. The molecule has 0 radical (unpaired) electrons. The first-order valence-corrected chi connectivity index (χ1v) is 10.7. The molecule has 0 aromatic carbocycles. The Morgan fingerprint density at radius 1 is 0.808 bits per heavy atom. The Bertz CT molecular complexity index is 782. The van der Waals surface area contributed by atoms with E-state index in [0.717, 1.165) is 18.5 Å². The fraction of sp³-hybridized carbons (Fsp3) is 0.682. The molecule has 4 nitrogen and oxygen atoms in total. The Morgan fingerprint density at radius 2 is 1.42 bits per heavy atom. The van der Waals surface area contributed by atoms with Crippen LogP contribution < -0.4 is 5.56 Å². The second kappa shape index (κ2) is 8.32. The lowest BCUT2D eigenvalue weighted by atomic mass is 9.95. The third kappa shape index (κ3) is 3.84. The molecule has 2 saturated carbocycles. The van der Waals surface area contributed by atoms with Crippen molar-refractivity contribution in [3.05, 3.63) is 34.5 Å². The van der Waals surface area contributed by atoms with Crippen molar-refractivity contribution in [1.29, 1.82) is 0 Å². The van der Waals surface area contributed by atoms with E-state index in [-0.39, 0.29) is 5.56 Å². The van der Waals surface area contributed by atoms with Crippen molar-refractivity contribution in [3.8, 4) is 0 Å². The molecule has 4 heteroatoms. The van der Waals surface area contributed by atoms with Gasteiger partial charge in [0.15, 0.2) is 5.65 Å². The van der Waals surface area contributed by atoms with Crippen molar-refractivity contribution in [2.24, 2.45) is 0 Å². The van der Waals surface area contributed by atoms with E-state index >= 15 is 0 Å².